The molecule has 0 atom stereocenters. The van der Waals surface area contributed by atoms with Crippen molar-refractivity contribution in [3.8, 4) is 0 Å². The fraction of sp³-hybridized carbons (Fsp3) is 0.667. The summed E-state index contributed by atoms with van der Waals surface area (Å²) in [6.45, 7) is 5.61. The van der Waals surface area contributed by atoms with Gasteiger partial charge in [-0.25, -0.2) is 4.79 Å². The number of hydrogen-bond donors (Lipinski definition) is 1. The zero-order chi connectivity index (χ0) is 9.40. The van der Waals surface area contributed by atoms with Gasteiger partial charge in [-0.1, -0.05) is 32.8 Å². The lowest BCUT2D eigenvalue weighted by molar-refractivity contribution is -0.229. The highest BCUT2D eigenvalue weighted by Crippen LogP contribution is 2.09. The van der Waals surface area contributed by atoms with E-state index in [1.54, 1.807) is 0 Å². The van der Waals surface area contributed by atoms with Crippen LogP contribution in [-0.2, 0) is 9.68 Å². The minimum atomic E-state index is -0.716. The van der Waals surface area contributed by atoms with Crippen LogP contribution < -0.4 is 0 Å². The highest BCUT2D eigenvalue weighted by atomic mass is 17.1. The number of unbranched alkanes of at least 4 members (excludes halogenated alkanes) is 3. The molecule has 0 rings (SSSR count). The van der Waals surface area contributed by atoms with Crippen LogP contribution in [0, 0.1) is 0 Å². The molecule has 70 valence electrons. The Balaban J connectivity index is 3.38. The second-order valence-corrected chi connectivity index (χ2v) is 2.79. The molecule has 0 heterocycles. The summed E-state index contributed by atoms with van der Waals surface area (Å²) in [5.74, 6) is -0.716. The predicted molar refractivity (Wildman–Crippen MR) is 46.6 cm³/mol. The molecule has 0 aromatic heterocycles. The molecule has 0 unspecified atom stereocenters. The average Bonchev–Trinajstić information content (AvgIpc) is 2.10. The summed E-state index contributed by atoms with van der Waals surface area (Å²) >= 11 is 0. The highest BCUT2D eigenvalue weighted by Gasteiger charge is 2.06. The molecule has 0 saturated heterocycles. The van der Waals surface area contributed by atoms with Crippen LogP contribution in [-0.4, -0.2) is 11.2 Å². The number of carbonyl (C=O) groups is 1. The van der Waals surface area contributed by atoms with Gasteiger partial charge in [0.2, 0.25) is 0 Å². The van der Waals surface area contributed by atoms with Crippen LogP contribution in [0.1, 0.15) is 39.0 Å². The van der Waals surface area contributed by atoms with E-state index in [2.05, 4.69) is 18.4 Å². The number of carbonyl (C=O) groups excluding carboxylic acids is 1. The van der Waals surface area contributed by atoms with E-state index >= 15 is 0 Å². The molecule has 0 aliphatic heterocycles. The molecule has 0 aliphatic carbocycles. The molecule has 0 aromatic rings. The lowest BCUT2D eigenvalue weighted by atomic mass is 10.1. The van der Waals surface area contributed by atoms with Gasteiger partial charge in [0.25, 0.3) is 0 Å². The smallest absolute Gasteiger partial charge is 0.296 e. The molecule has 3 heteroatoms. The molecule has 0 aromatic carbocycles. The molecule has 1 N–H and O–H groups in total. The van der Waals surface area contributed by atoms with Crippen molar-refractivity contribution in [3.63, 3.8) is 0 Å². The van der Waals surface area contributed by atoms with Gasteiger partial charge in [-0.2, -0.15) is 5.26 Å². The summed E-state index contributed by atoms with van der Waals surface area (Å²) in [7, 11) is 0. The maximum Gasteiger partial charge on any atom is 0.368 e. The van der Waals surface area contributed by atoms with Gasteiger partial charge in [0.05, 0.1) is 0 Å². The van der Waals surface area contributed by atoms with Crippen molar-refractivity contribution < 1.29 is 14.9 Å². The maximum absolute atomic E-state index is 10.6. The Morgan fingerprint density at radius 3 is 2.58 bits per heavy atom. The zero-order valence-corrected chi connectivity index (χ0v) is 7.51. The standard InChI is InChI=1S/C9H16O3/c1-3-4-5-6-7-8(2)9(10)12-11/h11H,2-7H2,1H3. The lowest BCUT2D eigenvalue weighted by Crippen LogP contribution is -2.03. The molecule has 0 amide bonds. The summed E-state index contributed by atoms with van der Waals surface area (Å²) in [6, 6.07) is 0. The van der Waals surface area contributed by atoms with E-state index in [-0.39, 0.29) is 0 Å². The summed E-state index contributed by atoms with van der Waals surface area (Å²) in [6.07, 6.45) is 4.97. The second-order valence-electron chi connectivity index (χ2n) is 2.79. The first-order valence-electron chi connectivity index (χ1n) is 4.26. The van der Waals surface area contributed by atoms with Crippen molar-refractivity contribution in [1.29, 1.82) is 0 Å². The number of hydrogen-bond acceptors (Lipinski definition) is 3. The first-order valence-corrected chi connectivity index (χ1v) is 4.26. The third kappa shape index (κ3) is 4.91. The van der Waals surface area contributed by atoms with Crippen LogP contribution in [0.5, 0.6) is 0 Å². The third-order valence-electron chi connectivity index (χ3n) is 1.70. The van der Waals surface area contributed by atoms with E-state index in [0.29, 0.717) is 12.0 Å². The predicted octanol–water partition coefficient (Wildman–Crippen LogP) is 2.53. The van der Waals surface area contributed by atoms with Crippen LogP contribution in [0.15, 0.2) is 12.2 Å². The van der Waals surface area contributed by atoms with E-state index in [1.807, 2.05) is 0 Å². The van der Waals surface area contributed by atoms with Crippen molar-refractivity contribution in [1.82, 2.24) is 0 Å². The minimum absolute atomic E-state index is 0.341. The fourth-order valence-corrected chi connectivity index (χ4v) is 0.932. The van der Waals surface area contributed by atoms with Gasteiger partial charge < -0.3 is 0 Å². The third-order valence-corrected chi connectivity index (χ3v) is 1.70. The SMILES string of the molecule is C=C(CCCCCC)C(=O)OO. The van der Waals surface area contributed by atoms with E-state index < -0.39 is 5.97 Å². The molecule has 3 nitrogen and oxygen atoms in total. The van der Waals surface area contributed by atoms with E-state index in [4.69, 9.17) is 5.26 Å². The molecule has 0 saturated carbocycles. The van der Waals surface area contributed by atoms with Gasteiger partial charge in [-0.15, -0.1) is 0 Å². The molecular formula is C9H16O3. The van der Waals surface area contributed by atoms with Crippen molar-refractivity contribution in [2.24, 2.45) is 0 Å². The highest BCUT2D eigenvalue weighted by molar-refractivity contribution is 5.87. The van der Waals surface area contributed by atoms with Gasteiger partial charge in [0.1, 0.15) is 0 Å². The van der Waals surface area contributed by atoms with Gasteiger partial charge in [-0.3, -0.25) is 4.89 Å². The summed E-state index contributed by atoms with van der Waals surface area (Å²) < 4.78 is 0. The molecule has 0 fully saturated rings. The summed E-state index contributed by atoms with van der Waals surface area (Å²) in [5.41, 5.74) is 0.341. The molecule has 0 bridgehead atoms. The van der Waals surface area contributed by atoms with Crippen molar-refractivity contribution >= 4 is 5.97 Å². The molecule has 12 heavy (non-hydrogen) atoms. The normalized spacial score (nSPS) is 9.50. The monoisotopic (exact) mass is 172 g/mol. The maximum atomic E-state index is 10.6. The Bertz CT molecular complexity index is 152. The Morgan fingerprint density at radius 1 is 1.42 bits per heavy atom. The molecule has 0 aliphatic rings. The quantitative estimate of drug-likeness (QED) is 0.290. The Hall–Kier alpha value is -0.830. The number of rotatable bonds is 6. The second kappa shape index (κ2) is 6.85. The van der Waals surface area contributed by atoms with E-state index in [1.165, 1.54) is 6.42 Å². The summed E-state index contributed by atoms with van der Waals surface area (Å²) in [5, 5.41) is 8.00. The first-order chi connectivity index (χ1) is 5.72. The van der Waals surface area contributed by atoms with Crippen LogP contribution in [0.3, 0.4) is 0 Å². The van der Waals surface area contributed by atoms with Gasteiger partial charge in [0, 0.05) is 5.57 Å². The molecule has 0 spiro atoms. The van der Waals surface area contributed by atoms with Crippen molar-refractivity contribution in [3.05, 3.63) is 12.2 Å². The van der Waals surface area contributed by atoms with Crippen LogP contribution in [0.2, 0.25) is 0 Å². The zero-order valence-electron chi connectivity index (χ0n) is 7.51. The molecule has 0 radical (unpaired) electrons. The Labute approximate surface area is 73.0 Å². The topological polar surface area (TPSA) is 46.5 Å². The Kier molecular flexibility index (Phi) is 6.38. The first kappa shape index (κ1) is 11.2. The van der Waals surface area contributed by atoms with E-state index in [0.717, 1.165) is 19.3 Å². The average molecular weight is 172 g/mol. The van der Waals surface area contributed by atoms with Crippen LogP contribution in [0.4, 0.5) is 0 Å². The lowest BCUT2D eigenvalue weighted by Gasteiger charge is -2.00. The largest absolute Gasteiger partial charge is 0.368 e. The van der Waals surface area contributed by atoms with Crippen molar-refractivity contribution in [2.75, 3.05) is 0 Å². The van der Waals surface area contributed by atoms with E-state index in [9.17, 15) is 4.79 Å². The summed E-state index contributed by atoms with van der Waals surface area (Å²) in [4.78, 5) is 14.1. The van der Waals surface area contributed by atoms with Crippen LogP contribution >= 0.6 is 0 Å². The molecular weight excluding hydrogens is 156 g/mol. The fourth-order valence-electron chi connectivity index (χ4n) is 0.932. The van der Waals surface area contributed by atoms with Crippen molar-refractivity contribution in [2.45, 2.75) is 39.0 Å². The van der Waals surface area contributed by atoms with Crippen LogP contribution in [0.25, 0.3) is 0 Å². The minimum Gasteiger partial charge on any atom is -0.296 e. The Morgan fingerprint density at radius 2 is 2.08 bits per heavy atom. The van der Waals surface area contributed by atoms with Gasteiger partial charge in [-0.05, 0) is 12.8 Å². The van der Waals surface area contributed by atoms with Gasteiger partial charge in [0.15, 0.2) is 0 Å². The van der Waals surface area contributed by atoms with Gasteiger partial charge >= 0.3 is 5.97 Å².